The predicted octanol–water partition coefficient (Wildman–Crippen LogP) is 6.16. The zero-order valence-corrected chi connectivity index (χ0v) is 22.1. The molecule has 0 fully saturated rings. The summed E-state index contributed by atoms with van der Waals surface area (Å²) in [5, 5.41) is 3.39. The van der Waals surface area contributed by atoms with Crippen LogP contribution in [-0.4, -0.2) is 41.2 Å². The van der Waals surface area contributed by atoms with E-state index < -0.39 is 22.5 Å². The van der Waals surface area contributed by atoms with Crippen molar-refractivity contribution in [2.45, 2.75) is 4.90 Å². The molecule has 35 heavy (non-hydrogen) atoms. The molecule has 0 atom stereocenters. The molecular formula is C23H20Cl4N2O5S. The molecule has 0 unspecified atom stereocenters. The second-order valence-corrected chi connectivity index (χ2v) is 10.7. The molecule has 3 aromatic rings. The Morgan fingerprint density at radius 3 is 2.20 bits per heavy atom. The summed E-state index contributed by atoms with van der Waals surface area (Å²) in [5.74, 6) is -0.478. The second-order valence-electron chi connectivity index (χ2n) is 7.11. The van der Waals surface area contributed by atoms with Gasteiger partial charge in [-0.05, 0) is 36.4 Å². The van der Waals surface area contributed by atoms with Gasteiger partial charge in [0.1, 0.15) is 18.9 Å². The number of anilines is 2. The Kier molecular flexibility index (Phi) is 9.52. The molecule has 0 radical (unpaired) electrons. The minimum atomic E-state index is -4.22. The van der Waals surface area contributed by atoms with Crippen LogP contribution in [0.15, 0.2) is 65.6 Å². The maximum atomic E-state index is 13.6. The Balaban J connectivity index is 2.02. The number of amides is 1. The average molecular weight is 578 g/mol. The van der Waals surface area contributed by atoms with Gasteiger partial charge < -0.3 is 14.8 Å². The first-order valence-electron chi connectivity index (χ1n) is 10.1. The van der Waals surface area contributed by atoms with Crippen molar-refractivity contribution >= 4 is 73.7 Å². The first kappa shape index (κ1) is 27.4. The number of carbonyl (C=O) groups excluding carboxylic acids is 1. The number of rotatable bonds is 10. The van der Waals surface area contributed by atoms with Crippen LogP contribution in [0.3, 0.4) is 0 Å². The number of nitrogens with zero attached hydrogens (tertiary/aromatic N) is 1. The van der Waals surface area contributed by atoms with E-state index in [-0.39, 0.29) is 39.6 Å². The van der Waals surface area contributed by atoms with Gasteiger partial charge in [0, 0.05) is 28.9 Å². The lowest BCUT2D eigenvalue weighted by Gasteiger charge is -2.26. The Morgan fingerprint density at radius 1 is 0.914 bits per heavy atom. The van der Waals surface area contributed by atoms with Crippen molar-refractivity contribution in [1.29, 1.82) is 0 Å². The lowest BCUT2D eigenvalue weighted by molar-refractivity contribution is -0.114. The third-order valence-corrected chi connectivity index (χ3v) is 7.39. The smallest absolute Gasteiger partial charge is 0.264 e. The minimum absolute atomic E-state index is 0.00612. The lowest BCUT2D eigenvalue weighted by atomic mass is 10.3. The highest BCUT2D eigenvalue weighted by atomic mass is 35.5. The topological polar surface area (TPSA) is 84.9 Å². The van der Waals surface area contributed by atoms with E-state index in [0.29, 0.717) is 15.7 Å². The second kappa shape index (κ2) is 12.2. The molecule has 12 heteroatoms. The fraction of sp³-hybridized carbons (Fsp3) is 0.174. The van der Waals surface area contributed by atoms with Gasteiger partial charge in [0.25, 0.3) is 10.0 Å². The molecule has 0 saturated carbocycles. The van der Waals surface area contributed by atoms with Gasteiger partial charge in [-0.25, -0.2) is 8.42 Å². The van der Waals surface area contributed by atoms with Crippen molar-refractivity contribution < 1.29 is 22.7 Å². The van der Waals surface area contributed by atoms with Crippen LogP contribution in [0.5, 0.6) is 5.75 Å². The molecule has 3 rings (SSSR count). The monoisotopic (exact) mass is 576 g/mol. The summed E-state index contributed by atoms with van der Waals surface area (Å²) in [7, 11) is -2.71. The third-order valence-electron chi connectivity index (χ3n) is 4.58. The molecule has 0 aliphatic carbocycles. The highest BCUT2D eigenvalue weighted by Gasteiger charge is 2.30. The summed E-state index contributed by atoms with van der Waals surface area (Å²) in [6.07, 6.45) is 0. The molecule has 3 aromatic carbocycles. The fourth-order valence-corrected chi connectivity index (χ4v) is 5.60. The van der Waals surface area contributed by atoms with Crippen LogP contribution >= 0.6 is 46.4 Å². The van der Waals surface area contributed by atoms with E-state index in [1.807, 2.05) is 0 Å². The van der Waals surface area contributed by atoms with Crippen LogP contribution in [0.25, 0.3) is 0 Å². The highest BCUT2D eigenvalue weighted by molar-refractivity contribution is 7.92. The van der Waals surface area contributed by atoms with Gasteiger partial charge >= 0.3 is 0 Å². The molecule has 0 heterocycles. The molecule has 0 aliphatic rings. The largest absolute Gasteiger partial charge is 0.490 e. The summed E-state index contributed by atoms with van der Waals surface area (Å²) in [5.41, 5.74) is 0.307. The first-order valence-corrected chi connectivity index (χ1v) is 13.0. The number of ether oxygens (including phenoxy) is 2. The summed E-state index contributed by atoms with van der Waals surface area (Å²) >= 11 is 24.6. The number of sulfonamides is 1. The quantitative estimate of drug-likeness (QED) is 0.292. The molecule has 0 saturated heterocycles. The van der Waals surface area contributed by atoms with Crippen LogP contribution < -0.4 is 14.4 Å². The Bertz CT molecular complexity index is 1290. The van der Waals surface area contributed by atoms with E-state index in [1.54, 1.807) is 18.2 Å². The Hall–Kier alpha value is -2.20. The van der Waals surface area contributed by atoms with Gasteiger partial charge in [-0.1, -0.05) is 64.6 Å². The van der Waals surface area contributed by atoms with Gasteiger partial charge in [0.15, 0.2) is 0 Å². The molecule has 0 aromatic heterocycles. The van der Waals surface area contributed by atoms with Crippen molar-refractivity contribution in [1.82, 2.24) is 0 Å². The summed E-state index contributed by atoms with van der Waals surface area (Å²) in [6.45, 7) is -0.163. The highest BCUT2D eigenvalue weighted by Crippen LogP contribution is 2.38. The molecule has 186 valence electrons. The summed E-state index contributed by atoms with van der Waals surface area (Å²) < 4.78 is 38.6. The van der Waals surface area contributed by atoms with Crippen molar-refractivity contribution in [3.8, 4) is 5.75 Å². The summed E-state index contributed by atoms with van der Waals surface area (Å²) in [4.78, 5) is 12.9. The zero-order valence-electron chi connectivity index (χ0n) is 18.3. The van der Waals surface area contributed by atoms with E-state index in [2.05, 4.69) is 5.32 Å². The lowest BCUT2D eigenvalue weighted by Crippen LogP contribution is -2.38. The molecule has 0 spiro atoms. The summed E-state index contributed by atoms with van der Waals surface area (Å²) in [6, 6.07) is 14.8. The standard InChI is InChI=1S/C23H20Cl4N2O5S/c1-33-7-8-34-22-13-21(19(26)12-20(22)27)29(35(31,32)18-5-3-2-4-6-18)14-23(30)28-17-10-15(24)9-16(25)11-17/h2-6,9-13H,7-8,14H2,1H3,(H,28,30). The Morgan fingerprint density at radius 2 is 1.57 bits per heavy atom. The number of carbonyl (C=O) groups is 1. The van der Waals surface area contributed by atoms with Gasteiger partial charge in [-0.3, -0.25) is 9.10 Å². The Labute approximate surface area is 223 Å². The van der Waals surface area contributed by atoms with Gasteiger partial charge in [0.2, 0.25) is 5.91 Å². The van der Waals surface area contributed by atoms with Crippen molar-refractivity contribution in [2.24, 2.45) is 0 Å². The number of nitrogens with one attached hydrogen (secondary N) is 1. The van der Waals surface area contributed by atoms with E-state index in [0.717, 1.165) is 4.31 Å². The van der Waals surface area contributed by atoms with Gasteiger partial charge in [-0.2, -0.15) is 0 Å². The maximum Gasteiger partial charge on any atom is 0.264 e. The number of hydrogen-bond acceptors (Lipinski definition) is 5. The van der Waals surface area contributed by atoms with Crippen LogP contribution in [0.4, 0.5) is 11.4 Å². The first-order chi connectivity index (χ1) is 16.6. The number of hydrogen-bond donors (Lipinski definition) is 1. The maximum absolute atomic E-state index is 13.6. The fourth-order valence-electron chi connectivity index (χ4n) is 3.03. The molecule has 0 bridgehead atoms. The molecule has 0 aliphatic heterocycles. The number of halogens is 4. The number of methoxy groups -OCH3 is 1. The zero-order chi connectivity index (χ0) is 25.6. The molecule has 1 amide bonds. The van der Waals surface area contributed by atoms with E-state index in [1.165, 1.54) is 49.6 Å². The van der Waals surface area contributed by atoms with Gasteiger partial charge in [-0.15, -0.1) is 0 Å². The van der Waals surface area contributed by atoms with Crippen LogP contribution in [0.2, 0.25) is 20.1 Å². The molecule has 1 N–H and O–H groups in total. The van der Waals surface area contributed by atoms with E-state index >= 15 is 0 Å². The third kappa shape index (κ3) is 7.16. The average Bonchev–Trinajstić information content (AvgIpc) is 2.79. The minimum Gasteiger partial charge on any atom is -0.490 e. The molecule has 7 nitrogen and oxygen atoms in total. The van der Waals surface area contributed by atoms with Crippen LogP contribution in [-0.2, 0) is 19.6 Å². The van der Waals surface area contributed by atoms with Gasteiger partial charge in [0.05, 0.1) is 27.2 Å². The van der Waals surface area contributed by atoms with E-state index in [4.69, 9.17) is 55.9 Å². The molecular weight excluding hydrogens is 558 g/mol. The normalized spacial score (nSPS) is 11.2. The SMILES string of the molecule is COCCOc1cc(N(CC(=O)Nc2cc(Cl)cc(Cl)c2)S(=O)(=O)c2ccccc2)c(Cl)cc1Cl. The van der Waals surface area contributed by atoms with Crippen molar-refractivity contribution in [3.63, 3.8) is 0 Å². The van der Waals surface area contributed by atoms with Crippen molar-refractivity contribution in [3.05, 3.63) is 80.8 Å². The predicted molar refractivity (Wildman–Crippen MR) is 140 cm³/mol. The number of benzene rings is 3. The van der Waals surface area contributed by atoms with E-state index in [9.17, 15) is 13.2 Å². The van der Waals surface area contributed by atoms with Crippen LogP contribution in [0.1, 0.15) is 0 Å². The van der Waals surface area contributed by atoms with Crippen LogP contribution in [0, 0.1) is 0 Å². The van der Waals surface area contributed by atoms with Crippen molar-refractivity contribution in [2.75, 3.05) is 36.5 Å².